The van der Waals surface area contributed by atoms with E-state index in [-0.39, 0.29) is 77.6 Å². The molecule has 0 aliphatic carbocycles. The van der Waals surface area contributed by atoms with Crippen LogP contribution in [-0.2, 0) is 19.2 Å². The highest BCUT2D eigenvalue weighted by molar-refractivity contribution is 6.25. The van der Waals surface area contributed by atoms with E-state index in [9.17, 15) is 28.8 Å². The molecule has 5 aromatic rings. The molecule has 6 amide bonds. The molecule has 1 unspecified atom stereocenters. The molecule has 2 N–H and O–H groups in total. The van der Waals surface area contributed by atoms with Crippen molar-refractivity contribution in [3.05, 3.63) is 83.4 Å². The molecule has 1 atom stereocenters. The van der Waals surface area contributed by atoms with Gasteiger partial charge in [-0.05, 0) is 70.6 Å². The molecular formula is C46H49F2N13O6. The second kappa shape index (κ2) is 18.1. The van der Waals surface area contributed by atoms with E-state index in [1.165, 1.54) is 6.07 Å². The second-order valence-electron chi connectivity index (χ2n) is 17.4. The molecule has 0 bridgehead atoms. The summed E-state index contributed by atoms with van der Waals surface area (Å²) in [4.78, 5) is 105. The highest BCUT2D eigenvalue weighted by atomic mass is 19.1. The van der Waals surface area contributed by atoms with Crippen molar-refractivity contribution < 1.29 is 37.5 Å². The van der Waals surface area contributed by atoms with Gasteiger partial charge in [0.25, 0.3) is 11.8 Å². The van der Waals surface area contributed by atoms with Crippen LogP contribution in [-0.4, -0.2) is 158 Å². The summed E-state index contributed by atoms with van der Waals surface area (Å²) in [6.07, 6.45) is 2.81. The SMILES string of the molecule is Cc1nc2c(F)cc(-c3nc(Nc4ccc(N5CCN(C(=O)CN(C)CC(=O)N6CCN(c7cccc8c7C(=O)N(C7CCC(=O)NC7=O)C8=O)CC6)CC5)cn4)ncc3F)cc2n1C(C)C. The lowest BCUT2D eigenvalue weighted by Gasteiger charge is -2.38. The molecule has 0 spiro atoms. The van der Waals surface area contributed by atoms with E-state index in [0.29, 0.717) is 75.2 Å². The molecule has 4 aliphatic heterocycles. The lowest BCUT2D eigenvalue weighted by atomic mass is 10.0. The summed E-state index contributed by atoms with van der Waals surface area (Å²) in [5.74, 6) is -2.63. The number of carbonyl (C=O) groups excluding carboxylic acids is 6. The van der Waals surface area contributed by atoms with Crippen LogP contribution in [0, 0.1) is 18.6 Å². The third-order valence-corrected chi connectivity index (χ3v) is 12.7. The van der Waals surface area contributed by atoms with Crippen LogP contribution in [0.3, 0.4) is 0 Å². The van der Waals surface area contributed by atoms with Crippen molar-refractivity contribution in [2.24, 2.45) is 0 Å². The van der Waals surface area contributed by atoms with Gasteiger partial charge in [-0.2, -0.15) is 0 Å². The Morgan fingerprint density at radius 3 is 2.16 bits per heavy atom. The van der Waals surface area contributed by atoms with E-state index < -0.39 is 41.3 Å². The van der Waals surface area contributed by atoms with Gasteiger partial charge in [-0.25, -0.2) is 28.7 Å². The fourth-order valence-corrected chi connectivity index (χ4v) is 9.34. The Morgan fingerprint density at radius 2 is 1.52 bits per heavy atom. The van der Waals surface area contributed by atoms with Crippen LogP contribution in [0.5, 0.6) is 0 Å². The second-order valence-corrected chi connectivity index (χ2v) is 17.4. The van der Waals surface area contributed by atoms with Crippen LogP contribution in [0.15, 0.2) is 54.9 Å². The molecule has 19 nitrogen and oxygen atoms in total. The van der Waals surface area contributed by atoms with Gasteiger partial charge in [0.1, 0.15) is 28.9 Å². The first-order chi connectivity index (χ1) is 32.1. The number of piperidine rings is 1. The number of carbonyl (C=O) groups is 6. The number of hydrogen-bond acceptors (Lipinski definition) is 14. The van der Waals surface area contributed by atoms with Gasteiger partial charge in [-0.15, -0.1) is 0 Å². The first-order valence-electron chi connectivity index (χ1n) is 22.2. The Labute approximate surface area is 383 Å². The molecular weight excluding hydrogens is 869 g/mol. The number of imide groups is 2. The van der Waals surface area contributed by atoms with Gasteiger partial charge in [-0.3, -0.25) is 43.9 Å². The fourth-order valence-electron chi connectivity index (χ4n) is 9.34. The average molecular weight is 918 g/mol. The van der Waals surface area contributed by atoms with Crippen LogP contribution in [0.1, 0.15) is 59.3 Å². The zero-order valence-electron chi connectivity index (χ0n) is 37.5. The summed E-state index contributed by atoms with van der Waals surface area (Å²) >= 11 is 0. The van der Waals surface area contributed by atoms with Gasteiger partial charge in [0.05, 0.1) is 53.5 Å². The Balaban J connectivity index is 0.738. The minimum atomic E-state index is -1.06. The molecule has 4 aliphatic rings. The Bertz CT molecular complexity index is 2820. The fraction of sp³-hybridized carbons (Fsp3) is 0.391. The first-order valence-corrected chi connectivity index (χ1v) is 22.2. The number of amides is 6. The van der Waals surface area contributed by atoms with Crippen LogP contribution in [0.25, 0.3) is 22.3 Å². The number of imidazole rings is 1. The van der Waals surface area contributed by atoms with E-state index in [1.54, 1.807) is 65.2 Å². The van der Waals surface area contributed by atoms with Crippen molar-refractivity contribution in [3.8, 4) is 11.3 Å². The number of rotatable bonds is 11. The number of nitrogens with one attached hydrogen (secondary N) is 2. The number of halogens is 2. The highest BCUT2D eigenvalue weighted by Crippen LogP contribution is 2.35. The van der Waals surface area contributed by atoms with E-state index in [4.69, 9.17) is 0 Å². The summed E-state index contributed by atoms with van der Waals surface area (Å²) in [7, 11) is 1.73. The van der Waals surface area contributed by atoms with Crippen molar-refractivity contribution in [3.63, 3.8) is 0 Å². The van der Waals surface area contributed by atoms with Crippen LogP contribution < -0.4 is 20.4 Å². The van der Waals surface area contributed by atoms with Crippen molar-refractivity contribution in [2.45, 2.75) is 45.7 Å². The van der Waals surface area contributed by atoms with E-state index in [0.717, 1.165) is 16.8 Å². The molecule has 2 aromatic carbocycles. The average Bonchev–Trinajstić information content (AvgIpc) is 3.79. The first kappa shape index (κ1) is 44.8. The maximum absolute atomic E-state index is 15.2. The standard InChI is InChI=1S/C46H49F2N13O6/c1-26(2)60-27(3)51-42-31(47)20-28(21-35(42)60)41-32(48)23-50-46(54-41)52-36-10-8-29(22-49-36)56-12-16-58(17-13-56)38(63)24-55(4)25-39(64)59-18-14-57(15-19-59)33-7-5-6-30-40(33)45(67)61(44(30)66)34-9-11-37(62)53-43(34)65/h5-8,10,20-23,26,34H,9,11-19,24-25H2,1-4H3,(H,53,62,65)(H,49,50,52,54). The van der Waals surface area contributed by atoms with Gasteiger partial charge in [0.15, 0.2) is 11.6 Å². The van der Waals surface area contributed by atoms with E-state index in [1.807, 2.05) is 29.4 Å². The monoisotopic (exact) mass is 917 g/mol. The lowest BCUT2D eigenvalue weighted by Crippen LogP contribution is -2.54. The summed E-state index contributed by atoms with van der Waals surface area (Å²) in [5.41, 5.74) is 2.74. The van der Waals surface area contributed by atoms with Gasteiger partial charge < -0.3 is 29.5 Å². The topological polar surface area (TPSA) is 202 Å². The maximum Gasteiger partial charge on any atom is 0.264 e. The van der Waals surface area contributed by atoms with Crippen molar-refractivity contribution in [1.29, 1.82) is 0 Å². The lowest BCUT2D eigenvalue weighted by molar-refractivity contribution is -0.137. The Kier molecular flexibility index (Phi) is 12.1. The zero-order chi connectivity index (χ0) is 47.3. The number of aromatic nitrogens is 5. The molecule has 3 fully saturated rings. The van der Waals surface area contributed by atoms with Gasteiger partial charge in [0, 0.05) is 70.4 Å². The molecule has 0 radical (unpaired) electrons. The predicted molar refractivity (Wildman–Crippen MR) is 242 cm³/mol. The molecule has 3 saturated heterocycles. The number of aryl methyl sites for hydroxylation is 1. The summed E-state index contributed by atoms with van der Waals surface area (Å²) in [5, 5.41) is 5.22. The van der Waals surface area contributed by atoms with Gasteiger partial charge >= 0.3 is 0 Å². The number of fused-ring (bicyclic) bond motifs is 2. The normalized spacial score (nSPS) is 17.9. The van der Waals surface area contributed by atoms with Crippen LogP contribution in [0.4, 0.5) is 31.9 Å². The van der Waals surface area contributed by atoms with E-state index in [2.05, 4.69) is 35.5 Å². The summed E-state index contributed by atoms with van der Waals surface area (Å²) in [6, 6.07) is 10.5. The number of nitrogens with zero attached hydrogens (tertiary/aromatic N) is 11. The van der Waals surface area contributed by atoms with Crippen LogP contribution in [0.2, 0.25) is 0 Å². The molecule has 0 saturated carbocycles. The van der Waals surface area contributed by atoms with Crippen molar-refractivity contribution in [1.82, 2.24) is 49.4 Å². The molecule has 21 heteroatoms. The summed E-state index contributed by atoms with van der Waals surface area (Å²) < 4.78 is 32.1. The van der Waals surface area contributed by atoms with Gasteiger partial charge in [0.2, 0.25) is 29.6 Å². The molecule has 7 heterocycles. The number of anilines is 4. The molecule has 67 heavy (non-hydrogen) atoms. The maximum atomic E-state index is 15.2. The van der Waals surface area contributed by atoms with E-state index >= 15 is 8.78 Å². The zero-order valence-corrected chi connectivity index (χ0v) is 37.5. The number of likely N-dealkylation sites (N-methyl/N-ethyl adjacent to an activating group) is 1. The summed E-state index contributed by atoms with van der Waals surface area (Å²) in [6.45, 7) is 9.43. The molecule has 9 rings (SSSR count). The van der Waals surface area contributed by atoms with Crippen LogP contribution >= 0.6 is 0 Å². The minimum Gasteiger partial charge on any atom is -0.367 e. The molecule has 348 valence electrons. The van der Waals surface area contributed by atoms with Crippen molar-refractivity contribution in [2.75, 3.05) is 87.6 Å². The quantitative estimate of drug-likeness (QED) is 0.183. The van der Waals surface area contributed by atoms with Gasteiger partial charge in [-0.1, -0.05) is 6.07 Å². The third-order valence-electron chi connectivity index (χ3n) is 12.7. The number of pyridine rings is 1. The third kappa shape index (κ3) is 8.73. The molecule has 3 aromatic heterocycles. The highest BCUT2D eigenvalue weighted by Gasteiger charge is 2.46. The largest absolute Gasteiger partial charge is 0.367 e. The number of piperazine rings is 2. The Hall–Kier alpha value is -7.42. The van der Waals surface area contributed by atoms with Crippen molar-refractivity contribution >= 4 is 69.6 Å². The Morgan fingerprint density at radius 1 is 0.836 bits per heavy atom. The minimum absolute atomic E-state index is 0.00867. The predicted octanol–water partition coefficient (Wildman–Crippen LogP) is 3.13. The smallest absolute Gasteiger partial charge is 0.264 e. The number of hydrogen-bond donors (Lipinski definition) is 2. The number of benzene rings is 2.